The van der Waals surface area contributed by atoms with E-state index in [0.717, 1.165) is 17.1 Å². The molecule has 0 N–H and O–H groups in total. The molecule has 0 aliphatic carbocycles. The van der Waals surface area contributed by atoms with Gasteiger partial charge in [-0.1, -0.05) is 12.1 Å². The molecule has 0 saturated carbocycles. The zero-order chi connectivity index (χ0) is 18.1. The largest absolute Gasteiger partial charge is 0.485 e. The van der Waals surface area contributed by atoms with Crippen LogP contribution in [-0.4, -0.2) is 46.0 Å². The molecule has 1 aromatic heterocycles. The number of ether oxygens (including phenoxy) is 2. The minimum Gasteiger partial charge on any atom is -0.485 e. The molecule has 0 radical (unpaired) electrons. The summed E-state index contributed by atoms with van der Waals surface area (Å²) in [5.74, 6) is 0.393. The molecule has 2 aromatic rings. The van der Waals surface area contributed by atoms with Crippen molar-refractivity contribution in [2.75, 3.05) is 19.7 Å². The molecule has 4 rings (SSSR count). The second-order valence-electron chi connectivity index (χ2n) is 6.48. The third-order valence-electron chi connectivity index (χ3n) is 4.96. The maximum Gasteiger partial charge on any atom is 0.309 e. The number of hydrogen-bond donors (Lipinski definition) is 0. The summed E-state index contributed by atoms with van der Waals surface area (Å²) >= 11 is 0. The predicted molar refractivity (Wildman–Crippen MR) is 93.2 cm³/mol. The number of esters is 1. The monoisotopic (exact) mass is 355 g/mol. The lowest BCUT2D eigenvalue weighted by Gasteiger charge is -2.30. The first-order valence-corrected chi connectivity index (χ1v) is 8.93. The lowest BCUT2D eigenvalue weighted by Crippen LogP contribution is -2.41. The van der Waals surface area contributed by atoms with Crippen LogP contribution >= 0.6 is 0 Å². The van der Waals surface area contributed by atoms with Crippen LogP contribution in [0.5, 0.6) is 5.75 Å². The number of nitrogens with zero attached hydrogens (tertiary/aromatic N) is 3. The topological polar surface area (TPSA) is 73.7 Å². The van der Waals surface area contributed by atoms with Crippen molar-refractivity contribution in [3.8, 4) is 11.4 Å². The van der Waals surface area contributed by atoms with E-state index in [2.05, 4.69) is 4.98 Å². The van der Waals surface area contributed by atoms with E-state index in [1.54, 1.807) is 18.2 Å². The molecule has 26 heavy (non-hydrogen) atoms. The Bertz CT molecular complexity index is 837. The first kappa shape index (κ1) is 16.6. The summed E-state index contributed by atoms with van der Waals surface area (Å²) in [5, 5.41) is 0. The zero-order valence-corrected chi connectivity index (χ0v) is 14.7. The van der Waals surface area contributed by atoms with Crippen LogP contribution in [0.25, 0.3) is 5.69 Å². The van der Waals surface area contributed by atoms with Gasteiger partial charge >= 0.3 is 5.97 Å². The Kier molecular flexibility index (Phi) is 4.36. The summed E-state index contributed by atoms with van der Waals surface area (Å²) in [6, 6.07) is 7.69. The molecule has 0 atom stereocenters. The highest BCUT2D eigenvalue weighted by molar-refractivity contribution is 5.94. The number of aromatic nitrogens is 2. The first-order chi connectivity index (χ1) is 12.7. The fraction of sp³-hybridized carbons (Fsp3) is 0.421. The second-order valence-corrected chi connectivity index (χ2v) is 6.48. The third kappa shape index (κ3) is 2.83. The Balaban J connectivity index is 1.50. The van der Waals surface area contributed by atoms with Gasteiger partial charge in [0.05, 0.1) is 23.9 Å². The van der Waals surface area contributed by atoms with Crippen LogP contribution in [0.1, 0.15) is 35.9 Å². The van der Waals surface area contributed by atoms with Gasteiger partial charge in [-0.15, -0.1) is 0 Å². The quantitative estimate of drug-likeness (QED) is 0.789. The van der Waals surface area contributed by atoms with Gasteiger partial charge in [0.15, 0.2) is 5.69 Å². The maximum atomic E-state index is 12.9. The van der Waals surface area contributed by atoms with E-state index in [9.17, 15) is 9.59 Å². The fourth-order valence-corrected chi connectivity index (χ4v) is 3.55. The summed E-state index contributed by atoms with van der Waals surface area (Å²) in [4.78, 5) is 30.9. The van der Waals surface area contributed by atoms with Crippen molar-refractivity contribution < 1.29 is 19.1 Å². The number of fused-ring (bicyclic) bond motifs is 3. The molecule has 0 unspecified atom stereocenters. The van der Waals surface area contributed by atoms with E-state index >= 15 is 0 Å². The highest BCUT2D eigenvalue weighted by atomic mass is 16.5. The molecule has 1 fully saturated rings. The zero-order valence-electron chi connectivity index (χ0n) is 14.7. The number of piperidine rings is 1. The number of likely N-dealkylation sites (tertiary alicyclic amines) is 1. The minimum atomic E-state index is -0.163. The molecular weight excluding hydrogens is 334 g/mol. The van der Waals surface area contributed by atoms with Crippen molar-refractivity contribution in [2.45, 2.75) is 26.4 Å². The van der Waals surface area contributed by atoms with Gasteiger partial charge in [0.2, 0.25) is 0 Å². The van der Waals surface area contributed by atoms with Gasteiger partial charge < -0.3 is 14.4 Å². The van der Waals surface area contributed by atoms with Crippen LogP contribution in [0, 0.1) is 5.92 Å². The average Bonchev–Trinajstić information content (AvgIpc) is 3.12. The van der Waals surface area contributed by atoms with Gasteiger partial charge in [-0.05, 0) is 31.9 Å². The van der Waals surface area contributed by atoms with E-state index in [1.165, 1.54) is 0 Å². The number of para-hydroxylation sites is 2. The van der Waals surface area contributed by atoms with Crippen LogP contribution < -0.4 is 4.74 Å². The van der Waals surface area contributed by atoms with Gasteiger partial charge in [0.1, 0.15) is 18.7 Å². The second kappa shape index (κ2) is 6.82. The molecule has 1 saturated heterocycles. The summed E-state index contributed by atoms with van der Waals surface area (Å²) < 4.78 is 12.8. The van der Waals surface area contributed by atoms with Gasteiger partial charge in [-0.2, -0.15) is 0 Å². The van der Waals surface area contributed by atoms with Crippen molar-refractivity contribution in [3.05, 3.63) is 42.0 Å². The Morgan fingerprint density at radius 3 is 2.81 bits per heavy atom. The molecule has 7 heteroatoms. The molecule has 3 heterocycles. The molecule has 1 aromatic carbocycles. The third-order valence-corrected chi connectivity index (χ3v) is 4.96. The lowest BCUT2D eigenvalue weighted by molar-refractivity contribution is -0.149. The van der Waals surface area contributed by atoms with E-state index in [1.807, 2.05) is 28.8 Å². The summed E-state index contributed by atoms with van der Waals surface area (Å²) in [6.45, 7) is 3.58. The van der Waals surface area contributed by atoms with Crippen LogP contribution in [0.4, 0.5) is 0 Å². The molecular formula is C19H21N3O4. The Morgan fingerprint density at radius 1 is 1.27 bits per heavy atom. The van der Waals surface area contributed by atoms with Gasteiger partial charge in [-0.25, -0.2) is 4.98 Å². The number of carbonyl (C=O) groups is 2. The minimum absolute atomic E-state index is 0.107. The van der Waals surface area contributed by atoms with Gasteiger partial charge in [-0.3, -0.25) is 14.2 Å². The summed E-state index contributed by atoms with van der Waals surface area (Å²) in [7, 11) is 0. The lowest BCUT2D eigenvalue weighted by atomic mass is 9.96. The van der Waals surface area contributed by atoms with E-state index in [0.29, 0.717) is 44.8 Å². The van der Waals surface area contributed by atoms with Gasteiger partial charge in [0, 0.05) is 13.1 Å². The molecule has 7 nitrogen and oxygen atoms in total. The highest BCUT2D eigenvalue weighted by Gasteiger charge is 2.32. The fourth-order valence-electron chi connectivity index (χ4n) is 3.55. The molecule has 1 amide bonds. The van der Waals surface area contributed by atoms with E-state index < -0.39 is 0 Å². The Hall–Kier alpha value is -2.83. The maximum absolute atomic E-state index is 12.9. The summed E-state index contributed by atoms with van der Waals surface area (Å²) in [6.07, 6.45) is 2.93. The van der Waals surface area contributed by atoms with Gasteiger partial charge in [0.25, 0.3) is 5.91 Å². The normalized spacial score (nSPS) is 16.4. The molecule has 2 aliphatic heterocycles. The van der Waals surface area contributed by atoms with Crippen molar-refractivity contribution >= 4 is 11.9 Å². The number of hydrogen-bond acceptors (Lipinski definition) is 5. The van der Waals surface area contributed by atoms with Crippen LogP contribution in [0.3, 0.4) is 0 Å². The SMILES string of the molecule is CCOC(=O)C1CCN(C(=O)c2ncn3c2COc2ccccc2-3)CC1. The van der Waals surface area contributed by atoms with Crippen molar-refractivity contribution in [3.63, 3.8) is 0 Å². The van der Waals surface area contributed by atoms with Crippen molar-refractivity contribution in [1.82, 2.24) is 14.5 Å². The number of imidazole rings is 1. The van der Waals surface area contributed by atoms with E-state index in [4.69, 9.17) is 9.47 Å². The molecule has 0 bridgehead atoms. The molecule has 0 spiro atoms. The van der Waals surface area contributed by atoms with Crippen LogP contribution in [0.2, 0.25) is 0 Å². The Morgan fingerprint density at radius 2 is 2.04 bits per heavy atom. The average molecular weight is 355 g/mol. The van der Waals surface area contributed by atoms with E-state index in [-0.39, 0.29) is 17.8 Å². The predicted octanol–water partition coefficient (Wildman–Crippen LogP) is 2.18. The van der Waals surface area contributed by atoms with Crippen LogP contribution in [-0.2, 0) is 16.1 Å². The molecule has 2 aliphatic rings. The first-order valence-electron chi connectivity index (χ1n) is 8.93. The Labute approximate surface area is 151 Å². The highest BCUT2D eigenvalue weighted by Crippen LogP contribution is 2.31. The smallest absolute Gasteiger partial charge is 0.309 e. The standard InChI is InChI=1S/C19H21N3O4/c1-2-25-19(24)13-7-9-21(10-8-13)18(23)17-15-11-26-16-6-4-3-5-14(16)22(15)12-20-17/h3-6,12-13H,2,7-11H2,1H3. The molecule has 136 valence electrons. The van der Waals surface area contributed by atoms with Crippen LogP contribution in [0.15, 0.2) is 30.6 Å². The number of amides is 1. The van der Waals surface area contributed by atoms with Crippen molar-refractivity contribution in [2.24, 2.45) is 5.92 Å². The number of carbonyl (C=O) groups excluding carboxylic acids is 2. The number of rotatable bonds is 3. The van der Waals surface area contributed by atoms with Crippen molar-refractivity contribution in [1.29, 1.82) is 0 Å². The number of benzene rings is 1. The summed E-state index contributed by atoms with van der Waals surface area (Å²) in [5.41, 5.74) is 2.08.